The molecule has 0 fully saturated rings. The Morgan fingerprint density at radius 2 is 1.92 bits per heavy atom. The number of ether oxygens (including phenoxy) is 2. The lowest BCUT2D eigenvalue weighted by atomic mass is 10.1. The van der Waals surface area contributed by atoms with Crippen molar-refractivity contribution in [2.24, 2.45) is 5.73 Å². The molecule has 0 bridgehead atoms. The van der Waals surface area contributed by atoms with Gasteiger partial charge in [-0.15, -0.1) is 0 Å². The molecule has 1 atom stereocenters. The van der Waals surface area contributed by atoms with E-state index in [0.29, 0.717) is 0 Å². The Hall–Kier alpha value is -2.79. The predicted octanol–water partition coefficient (Wildman–Crippen LogP) is 1.09. The molecule has 7 nitrogen and oxygen atoms in total. The van der Waals surface area contributed by atoms with Crippen LogP contribution in [0.3, 0.4) is 0 Å². The van der Waals surface area contributed by atoms with E-state index in [2.05, 4.69) is 4.74 Å². The van der Waals surface area contributed by atoms with E-state index >= 15 is 0 Å². The molecule has 0 radical (unpaired) electrons. The van der Waals surface area contributed by atoms with Gasteiger partial charge in [0.2, 0.25) is 6.04 Å². The highest BCUT2D eigenvalue weighted by Crippen LogP contribution is 2.11. The average molecular weight is 336 g/mol. The summed E-state index contributed by atoms with van der Waals surface area (Å²) in [5, 5.41) is 8.62. The Bertz CT molecular complexity index is 703. The molecular weight excluding hydrogens is 319 g/mol. The third kappa shape index (κ3) is 5.44. The molecule has 8 heteroatoms. The lowest BCUT2D eigenvalue weighted by molar-refractivity contribution is -0.163. The maximum atomic E-state index is 13.4. The fraction of sp³-hybridized carbons (Fsp3) is 0.375. The van der Waals surface area contributed by atoms with Crippen LogP contribution in [0.25, 0.3) is 0 Å². The number of hydrogen-bond acceptors (Lipinski definition) is 7. The summed E-state index contributed by atoms with van der Waals surface area (Å²) in [4.78, 5) is 35.1. The fourth-order valence-corrected chi connectivity index (χ4v) is 1.55. The number of nitriles is 1. The Labute approximate surface area is 138 Å². The van der Waals surface area contributed by atoms with Gasteiger partial charge in [-0.1, -0.05) is 0 Å². The summed E-state index contributed by atoms with van der Waals surface area (Å²) in [6.45, 7) is 4.09. The summed E-state index contributed by atoms with van der Waals surface area (Å²) < 4.78 is 23.0. The molecule has 0 aliphatic heterocycles. The summed E-state index contributed by atoms with van der Waals surface area (Å²) in [5.41, 5.74) is 4.28. The Morgan fingerprint density at radius 1 is 1.29 bits per heavy atom. The van der Waals surface area contributed by atoms with Gasteiger partial charge in [-0.2, -0.15) is 5.26 Å². The molecule has 0 saturated carbocycles. The van der Waals surface area contributed by atoms with Crippen LogP contribution in [0.1, 0.15) is 36.7 Å². The minimum atomic E-state index is -1.69. The SMILES string of the molecule is CC(C)(C)OC(=O)C(N)C(=O)OCC(=O)c1ccc(C#N)c(F)c1. The largest absolute Gasteiger partial charge is 0.458 e. The number of carbonyl (C=O) groups is 3. The third-order valence-corrected chi connectivity index (χ3v) is 2.67. The first-order valence-corrected chi connectivity index (χ1v) is 6.93. The zero-order chi connectivity index (χ0) is 18.5. The van der Waals surface area contributed by atoms with Gasteiger partial charge in [0, 0.05) is 5.56 Å². The van der Waals surface area contributed by atoms with Crippen LogP contribution in [0.2, 0.25) is 0 Å². The molecule has 2 N–H and O–H groups in total. The van der Waals surface area contributed by atoms with Crippen molar-refractivity contribution in [2.45, 2.75) is 32.4 Å². The molecule has 0 saturated heterocycles. The number of carbonyl (C=O) groups excluding carboxylic acids is 3. The summed E-state index contributed by atoms with van der Waals surface area (Å²) >= 11 is 0. The van der Waals surface area contributed by atoms with Crippen molar-refractivity contribution in [1.82, 2.24) is 0 Å². The molecule has 1 aromatic carbocycles. The van der Waals surface area contributed by atoms with E-state index in [1.165, 1.54) is 6.07 Å². The second-order valence-electron chi connectivity index (χ2n) is 5.85. The van der Waals surface area contributed by atoms with Gasteiger partial charge in [0.1, 0.15) is 17.5 Å². The Morgan fingerprint density at radius 3 is 2.42 bits per heavy atom. The first kappa shape index (κ1) is 19.3. The van der Waals surface area contributed by atoms with Crippen LogP contribution in [0.15, 0.2) is 18.2 Å². The standard InChI is InChI=1S/C16H17FN2O5/c1-16(2,3)24-15(22)13(19)14(21)23-8-12(20)9-4-5-10(7-18)11(17)6-9/h4-6,13H,8,19H2,1-3H3. The van der Waals surface area contributed by atoms with Gasteiger partial charge in [0.15, 0.2) is 12.4 Å². The zero-order valence-corrected chi connectivity index (χ0v) is 13.5. The molecular formula is C16H17FN2O5. The van der Waals surface area contributed by atoms with Crippen LogP contribution in [-0.4, -0.2) is 36.0 Å². The first-order valence-electron chi connectivity index (χ1n) is 6.93. The number of nitrogens with zero attached hydrogens (tertiary/aromatic N) is 1. The van der Waals surface area contributed by atoms with E-state index < -0.39 is 41.8 Å². The van der Waals surface area contributed by atoms with Crippen molar-refractivity contribution in [3.8, 4) is 6.07 Å². The molecule has 0 aliphatic rings. The van der Waals surface area contributed by atoms with Gasteiger partial charge < -0.3 is 15.2 Å². The number of esters is 2. The quantitative estimate of drug-likeness (QED) is 0.485. The average Bonchev–Trinajstić information content (AvgIpc) is 2.49. The number of benzene rings is 1. The molecule has 24 heavy (non-hydrogen) atoms. The maximum absolute atomic E-state index is 13.4. The molecule has 0 heterocycles. The number of ketones is 1. The summed E-state index contributed by atoms with van der Waals surface area (Å²) in [6, 6.07) is 3.16. The number of hydrogen-bond donors (Lipinski definition) is 1. The van der Waals surface area contributed by atoms with E-state index in [1.54, 1.807) is 26.8 Å². The smallest absolute Gasteiger partial charge is 0.335 e. The maximum Gasteiger partial charge on any atom is 0.335 e. The highest BCUT2D eigenvalue weighted by atomic mass is 19.1. The van der Waals surface area contributed by atoms with Gasteiger partial charge in [-0.05, 0) is 39.0 Å². The van der Waals surface area contributed by atoms with Crippen molar-refractivity contribution < 1.29 is 28.2 Å². The van der Waals surface area contributed by atoms with Crippen molar-refractivity contribution in [3.05, 3.63) is 35.1 Å². The van der Waals surface area contributed by atoms with Crippen LogP contribution < -0.4 is 5.73 Å². The van der Waals surface area contributed by atoms with Crippen molar-refractivity contribution in [1.29, 1.82) is 5.26 Å². The van der Waals surface area contributed by atoms with E-state index in [0.717, 1.165) is 12.1 Å². The van der Waals surface area contributed by atoms with Crippen LogP contribution in [0, 0.1) is 17.1 Å². The molecule has 128 valence electrons. The van der Waals surface area contributed by atoms with Crippen LogP contribution in [0.4, 0.5) is 4.39 Å². The molecule has 1 rings (SSSR count). The lowest BCUT2D eigenvalue weighted by Crippen LogP contribution is -2.44. The summed E-state index contributed by atoms with van der Waals surface area (Å²) in [6.07, 6.45) is 0. The molecule has 1 unspecified atom stereocenters. The van der Waals surface area contributed by atoms with Crippen molar-refractivity contribution in [2.75, 3.05) is 6.61 Å². The van der Waals surface area contributed by atoms with E-state index in [1.807, 2.05) is 0 Å². The molecule has 0 amide bonds. The Kier molecular flexibility index (Phi) is 6.14. The van der Waals surface area contributed by atoms with Crippen LogP contribution >= 0.6 is 0 Å². The highest BCUT2D eigenvalue weighted by molar-refractivity contribution is 6.02. The number of halogens is 1. The predicted molar refractivity (Wildman–Crippen MR) is 80.2 cm³/mol. The minimum absolute atomic E-state index is 0.0786. The lowest BCUT2D eigenvalue weighted by Gasteiger charge is -2.21. The minimum Gasteiger partial charge on any atom is -0.458 e. The first-order chi connectivity index (χ1) is 11.0. The van der Waals surface area contributed by atoms with Gasteiger partial charge in [-0.25, -0.2) is 14.0 Å². The number of Topliss-reactive ketones (excluding diaryl/α,β-unsaturated/α-hetero) is 1. The molecule has 0 spiro atoms. The fourth-order valence-electron chi connectivity index (χ4n) is 1.55. The van der Waals surface area contributed by atoms with Crippen LogP contribution in [0.5, 0.6) is 0 Å². The molecule has 0 aliphatic carbocycles. The molecule has 1 aromatic rings. The van der Waals surface area contributed by atoms with Crippen molar-refractivity contribution in [3.63, 3.8) is 0 Å². The van der Waals surface area contributed by atoms with Gasteiger partial charge in [-0.3, -0.25) is 4.79 Å². The van der Waals surface area contributed by atoms with E-state index in [9.17, 15) is 18.8 Å². The second-order valence-corrected chi connectivity index (χ2v) is 5.85. The highest BCUT2D eigenvalue weighted by Gasteiger charge is 2.29. The Balaban J connectivity index is 2.64. The van der Waals surface area contributed by atoms with Gasteiger partial charge >= 0.3 is 11.9 Å². The van der Waals surface area contributed by atoms with Gasteiger partial charge in [0.05, 0.1) is 5.56 Å². The normalized spacial score (nSPS) is 12.0. The topological polar surface area (TPSA) is 119 Å². The number of rotatable bonds is 5. The monoisotopic (exact) mass is 336 g/mol. The van der Waals surface area contributed by atoms with Gasteiger partial charge in [0.25, 0.3) is 0 Å². The van der Waals surface area contributed by atoms with E-state index in [4.69, 9.17) is 15.7 Å². The second kappa shape index (κ2) is 7.66. The van der Waals surface area contributed by atoms with E-state index in [-0.39, 0.29) is 11.1 Å². The summed E-state index contributed by atoms with van der Waals surface area (Å²) in [7, 11) is 0. The zero-order valence-electron chi connectivity index (χ0n) is 13.5. The summed E-state index contributed by atoms with van der Waals surface area (Å²) in [5.74, 6) is -3.68. The third-order valence-electron chi connectivity index (χ3n) is 2.67. The molecule has 0 aromatic heterocycles. The van der Waals surface area contributed by atoms with Crippen molar-refractivity contribution >= 4 is 17.7 Å². The number of nitrogens with two attached hydrogens (primary N) is 1. The van der Waals surface area contributed by atoms with Crippen LogP contribution in [-0.2, 0) is 19.1 Å².